The Hall–Kier alpha value is -1.22. The van der Waals surface area contributed by atoms with Crippen LogP contribution >= 0.6 is 0 Å². The van der Waals surface area contributed by atoms with E-state index in [1.54, 1.807) is 0 Å². The van der Waals surface area contributed by atoms with Gasteiger partial charge in [-0.25, -0.2) is 8.78 Å². The van der Waals surface area contributed by atoms with Crippen LogP contribution in [0.3, 0.4) is 0 Å². The third kappa shape index (κ3) is 5.19. The molecule has 3 heteroatoms. The zero-order chi connectivity index (χ0) is 19.2. The minimum absolute atomic E-state index is 0.0168. The highest BCUT2D eigenvalue weighted by Gasteiger charge is 2.31. The summed E-state index contributed by atoms with van der Waals surface area (Å²) in [5, 5.41) is 8.96. The Bertz CT molecular complexity index is 588. The largest absolute Gasteiger partial charge is 0.396 e. The molecule has 0 saturated heterocycles. The first-order chi connectivity index (χ1) is 13.1. The standard InChI is InChI=1S/C24H34F2O/c1-2-3-4-17-5-7-18(8-6-17)19-9-11-20(12-10-19)21-15-23(25)22(13-14-27)24(26)16-21/h2,15-20,27H,1,3-14H2/t17-,18-,19-,20-. The fourth-order valence-corrected chi connectivity index (χ4v) is 5.43. The molecule has 3 rings (SSSR count). The van der Waals surface area contributed by atoms with Crippen LogP contribution < -0.4 is 0 Å². The van der Waals surface area contributed by atoms with Gasteiger partial charge in [-0.1, -0.05) is 18.9 Å². The maximum Gasteiger partial charge on any atom is 0.129 e. The van der Waals surface area contributed by atoms with Crippen LogP contribution in [0.25, 0.3) is 0 Å². The highest BCUT2D eigenvalue weighted by molar-refractivity contribution is 5.29. The van der Waals surface area contributed by atoms with Crippen LogP contribution in [0, 0.1) is 29.4 Å². The van der Waals surface area contributed by atoms with Gasteiger partial charge in [-0.3, -0.25) is 0 Å². The molecule has 2 aliphatic carbocycles. The molecular weight excluding hydrogens is 342 g/mol. The maximum atomic E-state index is 14.2. The van der Waals surface area contributed by atoms with E-state index in [0.717, 1.165) is 42.6 Å². The highest BCUT2D eigenvalue weighted by Crippen LogP contribution is 2.44. The lowest BCUT2D eigenvalue weighted by Gasteiger charge is -2.38. The van der Waals surface area contributed by atoms with Crippen molar-refractivity contribution in [2.24, 2.45) is 17.8 Å². The summed E-state index contributed by atoms with van der Waals surface area (Å²) >= 11 is 0. The monoisotopic (exact) mass is 376 g/mol. The molecule has 0 amide bonds. The van der Waals surface area contributed by atoms with E-state index in [-0.39, 0.29) is 24.5 Å². The molecule has 2 fully saturated rings. The smallest absolute Gasteiger partial charge is 0.129 e. The van der Waals surface area contributed by atoms with E-state index in [2.05, 4.69) is 6.58 Å². The lowest BCUT2D eigenvalue weighted by Crippen LogP contribution is -2.25. The zero-order valence-electron chi connectivity index (χ0n) is 16.4. The molecule has 1 aromatic rings. The zero-order valence-corrected chi connectivity index (χ0v) is 16.4. The summed E-state index contributed by atoms with van der Waals surface area (Å²) in [5.41, 5.74) is 0.821. The van der Waals surface area contributed by atoms with Crippen LogP contribution in [0.1, 0.15) is 81.3 Å². The first-order valence-electron chi connectivity index (χ1n) is 10.8. The third-order valence-electron chi connectivity index (χ3n) is 7.11. The molecule has 0 atom stereocenters. The van der Waals surface area contributed by atoms with Crippen LogP contribution in [0.4, 0.5) is 8.78 Å². The summed E-state index contributed by atoms with van der Waals surface area (Å²) in [6, 6.07) is 3.01. The molecule has 0 aliphatic heterocycles. The van der Waals surface area contributed by atoms with Crippen molar-refractivity contribution in [1.82, 2.24) is 0 Å². The number of allylic oxidation sites excluding steroid dienone is 1. The quantitative estimate of drug-likeness (QED) is 0.535. The number of aliphatic hydroxyl groups is 1. The number of halogens is 2. The molecule has 0 bridgehead atoms. The van der Waals surface area contributed by atoms with E-state index >= 15 is 0 Å². The molecule has 0 aromatic heterocycles. The van der Waals surface area contributed by atoms with Crippen molar-refractivity contribution in [3.63, 3.8) is 0 Å². The van der Waals surface area contributed by atoms with Gasteiger partial charge >= 0.3 is 0 Å². The number of hydrogen-bond acceptors (Lipinski definition) is 1. The van der Waals surface area contributed by atoms with Crippen molar-refractivity contribution >= 4 is 0 Å². The summed E-state index contributed by atoms with van der Waals surface area (Å²) < 4.78 is 28.4. The van der Waals surface area contributed by atoms with Gasteiger partial charge in [-0.15, -0.1) is 6.58 Å². The molecule has 2 saturated carbocycles. The van der Waals surface area contributed by atoms with Gasteiger partial charge in [0, 0.05) is 18.6 Å². The van der Waals surface area contributed by atoms with Gasteiger partial charge in [-0.2, -0.15) is 0 Å². The van der Waals surface area contributed by atoms with Crippen LogP contribution in [0.5, 0.6) is 0 Å². The van der Waals surface area contributed by atoms with E-state index in [9.17, 15) is 8.78 Å². The number of rotatable bonds is 7. The summed E-state index contributed by atoms with van der Waals surface area (Å²) in [7, 11) is 0. The summed E-state index contributed by atoms with van der Waals surface area (Å²) in [5.74, 6) is 1.81. The molecule has 0 spiro atoms. The minimum atomic E-state index is -0.501. The summed E-state index contributed by atoms with van der Waals surface area (Å²) in [6.45, 7) is 3.60. The fourth-order valence-electron chi connectivity index (χ4n) is 5.43. The normalized spacial score (nSPS) is 28.9. The van der Waals surface area contributed by atoms with Crippen molar-refractivity contribution in [2.45, 2.75) is 76.5 Å². The Labute approximate surface area is 162 Å². The van der Waals surface area contributed by atoms with E-state index in [1.807, 2.05) is 6.08 Å². The molecule has 2 aliphatic rings. The van der Waals surface area contributed by atoms with Crippen molar-refractivity contribution < 1.29 is 13.9 Å². The Morgan fingerprint density at radius 3 is 2.00 bits per heavy atom. The Kier molecular flexibility index (Phi) is 7.46. The van der Waals surface area contributed by atoms with Crippen LogP contribution in [-0.4, -0.2) is 11.7 Å². The van der Waals surface area contributed by atoms with Gasteiger partial charge in [0.2, 0.25) is 0 Å². The Morgan fingerprint density at radius 2 is 1.48 bits per heavy atom. The molecule has 1 N–H and O–H groups in total. The predicted octanol–water partition coefficient (Wildman–Crippen LogP) is 6.55. The summed E-state index contributed by atoms with van der Waals surface area (Å²) in [4.78, 5) is 0. The second kappa shape index (κ2) is 9.82. The number of benzene rings is 1. The average Bonchev–Trinajstić information content (AvgIpc) is 2.69. The van der Waals surface area contributed by atoms with Gasteiger partial charge in [0.15, 0.2) is 0 Å². The van der Waals surface area contributed by atoms with Crippen molar-refractivity contribution in [3.05, 3.63) is 47.5 Å². The van der Waals surface area contributed by atoms with E-state index in [4.69, 9.17) is 5.11 Å². The van der Waals surface area contributed by atoms with Crippen molar-refractivity contribution in [3.8, 4) is 0 Å². The van der Waals surface area contributed by atoms with E-state index in [0.29, 0.717) is 0 Å². The molecule has 1 nitrogen and oxygen atoms in total. The minimum Gasteiger partial charge on any atom is -0.396 e. The van der Waals surface area contributed by atoms with E-state index in [1.165, 1.54) is 57.1 Å². The van der Waals surface area contributed by atoms with E-state index < -0.39 is 11.6 Å². The second-order valence-corrected chi connectivity index (χ2v) is 8.70. The van der Waals surface area contributed by atoms with Gasteiger partial charge in [0.05, 0.1) is 0 Å². The lowest BCUT2D eigenvalue weighted by molar-refractivity contribution is 0.157. The van der Waals surface area contributed by atoms with Crippen molar-refractivity contribution in [1.29, 1.82) is 0 Å². The second-order valence-electron chi connectivity index (χ2n) is 8.70. The van der Waals surface area contributed by atoms with Gasteiger partial charge < -0.3 is 5.11 Å². The van der Waals surface area contributed by atoms with Crippen LogP contribution in [0.2, 0.25) is 0 Å². The molecular formula is C24H34F2O. The fraction of sp³-hybridized carbons (Fsp3) is 0.667. The Morgan fingerprint density at radius 1 is 0.926 bits per heavy atom. The average molecular weight is 377 g/mol. The van der Waals surface area contributed by atoms with Crippen LogP contribution in [-0.2, 0) is 6.42 Å². The van der Waals surface area contributed by atoms with Gasteiger partial charge in [0.1, 0.15) is 11.6 Å². The Balaban J connectivity index is 1.51. The summed E-state index contributed by atoms with van der Waals surface area (Å²) in [6.07, 6.45) is 14.4. The molecule has 150 valence electrons. The SMILES string of the molecule is C=CCC[C@H]1CC[C@H]([C@H]2CC[C@H](c3cc(F)c(CCO)c(F)c3)CC2)CC1. The first-order valence-corrected chi connectivity index (χ1v) is 10.8. The molecule has 0 heterocycles. The molecule has 0 unspecified atom stereocenters. The molecule has 0 radical (unpaired) electrons. The number of hydrogen-bond donors (Lipinski definition) is 1. The number of aliphatic hydroxyl groups excluding tert-OH is 1. The third-order valence-corrected chi connectivity index (χ3v) is 7.11. The molecule has 27 heavy (non-hydrogen) atoms. The first kappa shape index (κ1) is 20.5. The maximum absolute atomic E-state index is 14.2. The van der Waals surface area contributed by atoms with Gasteiger partial charge in [-0.05, 0) is 92.7 Å². The molecule has 1 aromatic carbocycles. The highest BCUT2D eigenvalue weighted by atomic mass is 19.1. The van der Waals surface area contributed by atoms with Crippen LogP contribution in [0.15, 0.2) is 24.8 Å². The topological polar surface area (TPSA) is 20.2 Å². The predicted molar refractivity (Wildman–Crippen MR) is 107 cm³/mol. The van der Waals surface area contributed by atoms with Gasteiger partial charge in [0.25, 0.3) is 0 Å². The van der Waals surface area contributed by atoms with Crippen molar-refractivity contribution in [2.75, 3.05) is 6.61 Å². The lowest BCUT2D eigenvalue weighted by atomic mass is 9.68.